The maximum atomic E-state index is 3.58. The lowest BCUT2D eigenvalue weighted by Gasteiger charge is -2.19. The van der Waals surface area contributed by atoms with Crippen LogP contribution < -0.4 is 10.2 Å². The summed E-state index contributed by atoms with van der Waals surface area (Å²) >= 11 is 7.16. The number of rotatable bonds is 4. The van der Waals surface area contributed by atoms with Gasteiger partial charge >= 0.3 is 0 Å². The van der Waals surface area contributed by atoms with E-state index in [0.29, 0.717) is 0 Å². The first-order chi connectivity index (χ1) is 9.49. The molecule has 1 atom stereocenters. The molecule has 0 aliphatic heterocycles. The summed E-state index contributed by atoms with van der Waals surface area (Å²) in [7, 11) is 4.10. The van der Waals surface area contributed by atoms with Gasteiger partial charge in [0.15, 0.2) is 0 Å². The van der Waals surface area contributed by atoms with Crippen LogP contribution in [0.3, 0.4) is 0 Å². The average molecular weight is 398 g/mol. The molecule has 0 saturated carbocycles. The van der Waals surface area contributed by atoms with Crippen molar-refractivity contribution < 1.29 is 0 Å². The van der Waals surface area contributed by atoms with Gasteiger partial charge in [-0.15, -0.1) is 0 Å². The van der Waals surface area contributed by atoms with Crippen LogP contribution in [-0.4, -0.2) is 14.1 Å². The van der Waals surface area contributed by atoms with Gasteiger partial charge in [-0.3, -0.25) is 0 Å². The van der Waals surface area contributed by atoms with Crippen molar-refractivity contribution >= 4 is 43.2 Å². The van der Waals surface area contributed by atoms with Gasteiger partial charge in [-0.05, 0) is 68.6 Å². The number of hydrogen-bond acceptors (Lipinski definition) is 2. The predicted octanol–water partition coefficient (Wildman–Crippen LogP) is 5.45. The number of nitrogens with zero attached hydrogens (tertiary/aromatic N) is 1. The van der Waals surface area contributed by atoms with E-state index in [4.69, 9.17) is 0 Å². The number of hydrogen-bond donors (Lipinski definition) is 1. The van der Waals surface area contributed by atoms with E-state index in [9.17, 15) is 0 Å². The fraction of sp³-hybridized carbons (Fsp3) is 0.250. The Kier molecular flexibility index (Phi) is 5.11. The molecular formula is C16H18Br2N2. The number of benzene rings is 2. The minimum Gasteiger partial charge on any atom is -0.378 e. The second-order valence-corrected chi connectivity index (χ2v) is 6.66. The summed E-state index contributed by atoms with van der Waals surface area (Å²) < 4.78 is 2.12. The van der Waals surface area contributed by atoms with E-state index in [1.54, 1.807) is 0 Å². The molecule has 20 heavy (non-hydrogen) atoms. The smallest absolute Gasteiger partial charge is 0.0633 e. The molecule has 106 valence electrons. The molecule has 0 fully saturated rings. The van der Waals surface area contributed by atoms with E-state index in [2.05, 4.69) is 87.4 Å². The highest BCUT2D eigenvalue weighted by molar-refractivity contribution is 9.11. The van der Waals surface area contributed by atoms with Crippen molar-refractivity contribution in [3.8, 4) is 0 Å². The van der Waals surface area contributed by atoms with Crippen molar-refractivity contribution in [2.75, 3.05) is 24.3 Å². The van der Waals surface area contributed by atoms with Crippen LogP contribution in [0.2, 0.25) is 0 Å². The Morgan fingerprint density at radius 3 is 2.00 bits per heavy atom. The first-order valence-electron chi connectivity index (χ1n) is 6.47. The van der Waals surface area contributed by atoms with E-state index in [1.165, 1.54) is 11.3 Å². The lowest BCUT2D eigenvalue weighted by atomic mass is 10.1. The molecule has 0 amide bonds. The fourth-order valence-electron chi connectivity index (χ4n) is 2.00. The van der Waals surface area contributed by atoms with Crippen LogP contribution in [0, 0.1) is 0 Å². The maximum absolute atomic E-state index is 3.58. The highest BCUT2D eigenvalue weighted by Crippen LogP contribution is 2.33. The second kappa shape index (κ2) is 6.64. The third kappa shape index (κ3) is 3.55. The molecule has 0 aliphatic rings. The topological polar surface area (TPSA) is 15.3 Å². The van der Waals surface area contributed by atoms with Gasteiger partial charge in [0.2, 0.25) is 0 Å². The summed E-state index contributed by atoms with van der Waals surface area (Å²) in [5.41, 5.74) is 3.55. The predicted molar refractivity (Wildman–Crippen MR) is 94.6 cm³/mol. The van der Waals surface area contributed by atoms with Crippen LogP contribution in [0.5, 0.6) is 0 Å². The summed E-state index contributed by atoms with van der Waals surface area (Å²) in [4.78, 5) is 2.10. The van der Waals surface area contributed by atoms with Crippen molar-refractivity contribution in [1.82, 2.24) is 0 Å². The molecule has 2 rings (SSSR count). The first-order valence-corrected chi connectivity index (χ1v) is 8.05. The highest BCUT2D eigenvalue weighted by Gasteiger charge is 2.10. The number of anilines is 2. The van der Waals surface area contributed by atoms with Crippen LogP contribution in [0.15, 0.2) is 51.4 Å². The van der Waals surface area contributed by atoms with Gasteiger partial charge in [0.05, 0.1) is 5.69 Å². The van der Waals surface area contributed by atoms with Crippen molar-refractivity contribution in [3.63, 3.8) is 0 Å². The molecule has 1 unspecified atom stereocenters. The fourth-order valence-corrected chi connectivity index (χ4v) is 3.22. The quantitative estimate of drug-likeness (QED) is 0.737. The molecule has 2 nitrogen and oxygen atoms in total. The van der Waals surface area contributed by atoms with Crippen LogP contribution >= 0.6 is 31.9 Å². The summed E-state index contributed by atoms with van der Waals surface area (Å²) in [6.07, 6.45) is 0. The maximum Gasteiger partial charge on any atom is 0.0633 e. The standard InChI is InChI=1S/C16H18Br2N2/c1-11(12-7-9-13(10-8-12)20(2)3)19-16-14(17)5-4-6-15(16)18/h4-11,19H,1-3H3. The van der Waals surface area contributed by atoms with E-state index in [-0.39, 0.29) is 6.04 Å². The first kappa shape index (κ1) is 15.4. The minimum absolute atomic E-state index is 0.237. The van der Waals surface area contributed by atoms with E-state index < -0.39 is 0 Å². The second-order valence-electron chi connectivity index (χ2n) is 4.95. The van der Waals surface area contributed by atoms with Crippen molar-refractivity contribution in [1.29, 1.82) is 0 Å². The molecule has 2 aromatic rings. The van der Waals surface area contributed by atoms with Gasteiger partial charge in [0.25, 0.3) is 0 Å². The normalized spacial score (nSPS) is 12.1. The summed E-state index contributed by atoms with van der Waals surface area (Å²) in [6, 6.07) is 14.9. The zero-order chi connectivity index (χ0) is 14.7. The number of para-hydroxylation sites is 1. The largest absolute Gasteiger partial charge is 0.378 e. The third-order valence-corrected chi connectivity index (χ3v) is 4.55. The molecular weight excluding hydrogens is 380 g/mol. The highest BCUT2D eigenvalue weighted by atomic mass is 79.9. The summed E-state index contributed by atoms with van der Waals surface area (Å²) in [5, 5.41) is 3.54. The average Bonchev–Trinajstić information content (AvgIpc) is 2.43. The molecule has 0 spiro atoms. The van der Waals surface area contributed by atoms with Crippen LogP contribution in [-0.2, 0) is 0 Å². The molecule has 2 aromatic carbocycles. The molecule has 4 heteroatoms. The molecule has 0 bridgehead atoms. The van der Waals surface area contributed by atoms with Crippen molar-refractivity contribution in [2.45, 2.75) is 13.0 Å². The van der Waals surface area contributed by atoms with E-state index in [0.717, 1.165) is 14.6 Å². The van der Waals surface area contributed by atoms with Crippen LogP contribution in [0.1, 0.15) is 18.5 Å². The molecule has 1 N–H and O–H groups in total. The lowest BCUT2D eigenvalue weighted by Crippen LogP contribution is -2.10. The molecule has 0 radical (unpaired) electrons. The van der Waals surface area contributed by atoms with Crippen molar-refractivity contribution in [2.24, 2.45) is 0 Å². The Morgan fingerprint density at radius 1 is 0.950 bits per heavy atom. The van der Waals surface area contributed by atoms with Crippen molar-refractivity contribution in [3.05, 3.63) is 57.0 Å². The zero-order valence-corrected chi connectivity index (χ0v) is 15.0. The van der Waals surface area contributed by atoms with Gasteiger partial charge in [0, 0.05) is 34.8 Å². The monoisotopic (exact) mass is 396 g/mol. The SMILES string of the molecule is CC(Nc1c(Br)cccc1Br)c1ccc(N(C)C)cc1. The Labute approximate surface area is 137 Å². The zero-order valence-electron chi connectivity index (χ0n) is 11.8. The number of halogens is 2. The molecule has 0 aromatic heterocycles. The van der Waals surface area contributed by atoms with E-state index >= 15 is 0 Å². The lowest BCUT2D eigenvalue weighted by molar-refractivity contribution is 0.881. The molecule has 0 saturated heterocycles. The van der Waals surface area contributed by atoms with Gasteiger partial charge < -0.3 is 10.2 Å². The van der Waals surface area contributed by atoms with Gasteiger partial charge in [0.1, 0.15) is 0 Å². The summed E-state index contributed by atoms with van der Waals surface area (Å²) in [5.74, 6) is 0. The Morgan fingerprint density at radius 2 is 1.50 bits per heavy atom. The molecule has 0 heterocycles. The van der Waals surface area contributed by atoms with Gasteiger partial charge in [-0.25, -0.2) is 0 Å². The third-order valence-electron chi connectivity index (χ3n) is 3.23. The Balaban J connectivity index is 2.17. The Hall–Kier alpha value is -1.00. The van der Waals surface area contributed by atoms with E-state index in [1.807, 2.05) is 18.2 Å². The van der Waals surface area contributed by atoms with Crippen LogP contribution in [0.25, 0.3) is 0 Å². The van der Waals surface area contributed by atoms with Gasteiger partial charge in [-0.2, -0.15) is 0 Å². The minimum atomic E-state index is 0.237. The van der Waals surface area contributed by atoms with Gasteiger partial charge in [-0.1, -0.05) is 18.2 Å². The molecule has 0 aliphatic carbocycles. The number of nitrogens with one attached hydrogen (secondary N) is 1. The Bertz CT molecular complexity index is 559. The summed E-state index contributed by atoms with van der Waals surface area (Å²) in [6.45, 7) is 2.16. The van der Waals surface area contributed by atoms with Crippen LogP contribution in [0.4, 0.5) is 11.4 Å².